The highest BCUT2D eigenvalue weighted by Gasteiger charge is 2.50. The van der Waals surface area contributed by atoms with Gasteiger partial charge in [0.1, 0.15) is 18.3 Å². The number of aliphatic hydroxyl groups is 2. The van der Waals surface area contributed by atoms with Crippen LogP contribution in [0.25, 0.3) is 0 Å². The van der Waals surface area contributed by atoms with Crippen LogP contribution in [0.15, 0.2) is 21.9 Å². The number of nitrogens with two attached hydrogens (primary N) is 1. The Kier molecular flexibility index (Phi) is 8.92. The maximum atomic E-state index is 12.4. The third kappa shape index (κ3) is 6.23. The van der Waals surface area contributed by atoms with Crippen LogP contribution in [0.3, 0.4) is 0 Å². The van der Waals surface area contributed by atoms with Gasteiger partial charge in [0.15, 0.2) is 12.3 Å². The zero-order chi connectivity index (χ0) is 23.1. The Bertz CT molecular complexity index is 869. The highest BCUT2D eigenvalue weighted by Crippen LogP contribution is 2.30. The van der Waals surface area contributed by atoms with Crippen molar-refractivity contribution in [1.82, 2.24) is 14.9 Å². The monoisotopic (exact) mass is 442 g/mol. The van der Waals surface area contributed by atoms with Crippen LogP contribution >= 0.6 is 0 Å². The molecule has 1 aliphatic heterocycles. The van der Waals surface area contributed by atoms with Crippen molar-refractivity contribution >= 4 is 11.9 Å². The molecule has 1 saturated heterocycles. The van der Waals surface area contributed by atoms with E-state index in [4.69, 9.17) is 10.5 Å². The average molecular weight is 442 g/mol. The zero-order valence-electron chi connectivity index (χ0n) is 17.3. The number of carboxylic acids is 1. The number of amides is 1. The molecule has 0 spiro atoms. The molecule has 0 radical (unpaired) electrons. The van der Waals surface area contributed by atoms with Crippen molar-refractivity contribution < 1.29 is 29.6 Å². The molecule has 0 aromatic carbocycles. The SMILES string of the molecule is CCCCCCC[C@H](N)C(=O)N[C@H](C(=O)O)C1O[C@@H](n2ccc(=O)[nH]c2=O)[C@H](O)[C@@H]1O. The predicted octanol–water partition coefficient (Wildman–Crippen LogP) is -1.59. The summed E-state index contributed by atoms with van der Waals surface area (Å²) in [7, 11) is 0. The highest BCUT2D eigenvalue weighted by molar-refractivity contribution is 5.87. The number of aliphatic carboxylic acids is 1. The van der Waals surface area contributed by atoms with Crippen LogP contribution in [0.4, 0.5) is 0 Å². The summed E-state index contributed by atoms with van der Waals surface area (Å²) in [6.45, 7) is 2.08. The van der Waals surface area contributed by atoms with Crippen LogP contribution in [0.5, 0.6) is 0 Å². The number of carbonyl (C=O) groups is 2. The second-order valence-corrected chi connectivity index (χ2v) is 7.62. The van der Waals surface area contributed by atoms with Crippen LogP contribution in [0, 0.1) is 0 Å². The molecule has 1 amide bonds. The molecular weight excluding hydrogens is 412 g/mol. The number of ether oxygens (including phenoxy) is 1. The zero-order valence-corrected chi connectivity index (χ0v) is 17.3. The van der Waals surface area contributed by atoms with Crippen molar-refractivity contribution in [3.05, 3.63) is 33.1 Å². The fourth-order valence-electron chi connectivity index (χ4n) is 3.46. The Hall–Kier alpha value is -2.54. The van der Waals surface area contributed by atoms with E-state index in [1.807, 2.05) is 4.98 Å². The predicted molar refractivity (Wildman–Crippen MR) is 108 cm³/mol. The first-order chi connectivity index (χ1) is 14.7. The van der Waals surface area contributed by atoms with Crippen LogP contribution < -0.4 is 22.3 Å². The van der Waals surface area contributed by atoms with Gasteiger partial charge in [0.2, 0.25) is 5.91 Å². The van der Waals surface area contributed by atoms with Gasteiger partial charge in [-0.3, -0.25) is 19.1 Å². The summed E-state index contributed by atoms with van der Waals surface area (Å²) in [5.74, 6) is -2.23. The van der Waals surface area contributed by atoms with E-state index in [1.165, 1.54) is 0 Å². The minimum atomic E-state index is -1.73. The molecule has 7 N–H and O–H groups in total. The first-order valence-electron chi connectivity index (χ1n) is 10.3. The highest BCUT2D eigenvalue weighted by atomic mass is 16.6. The molecule has 1 unspecified atom stereocenters. The van der Waals surface area contributed by atoms with Gasteiger partial charge in [-0.05, 0) is 6.42 Å². The quantitative estimate of drug-likeness (QED) is 0.219. The number of carboxylic acid groups (broad SMARTS) is 1. The van der Waals surface area contributed by atoms with Crippen molar-refractivity contribution in [1.29, 1.82) is 0 Å². The Balaban J connectivity index is 2.06. The smallest absolute Gasteiger partial charge is 0.330 e. The first-order valence-corrected chi connectivity index (χ1v) is 10.3. The Morgan fingerprint density at radius 1 is 1.23 bits per heavy atom. The van der Waals surface area contributed by atoms with Crippen molar-refractivity contribution in [3.63, 3.8) is 0 Å². The van der Waals surface area contributed by atoms with E-state index >= 15 is 0 Å². The van der Waals surface area contributed by atoms with Gasteiger partial charge < -0.3 is 31.1 Å². The molecule has 6 atom stereocenters. The lowest BCUT2D eigenvalue weighted by atomic mass is 10.0. The number of carbonyl (C=O) groups excluding carboxylic acids is 1. The van der Waals surface area contributed by atoms with Gasteiger partial charge in [-0.25, -0.2) is 9.59 Å². The Labute approximate surface area is 178 Å². The van der Waals surface area contributed by atoms with Crippen molar-refractivity contribution in [2.45, 2.75) is 82.1 Å². The van der Waals surface area contributed by atoms with Gasteiger partial charge in [0.05, 0.1) is 6.04 Å². The van der Waals surface area contributed by atoms with E-state index in [0.29, 0.717) is 12.8 Å². The molecule has 1 aliphatic rings. The minimum absolute atomic E-state index is 0.369. The van der Waals surface area contributed by atoms with Crippen molar-refractivity contribution in [2.75, 3.05) is 0 Å². The number of nitrogens with one attached hydrogen (secondary N) is 2. The van der Waals surface area contributed by atoms with E-state index in [9.17, 15) is 34.5 Å². The van der Waals surface area contributed by atoms with Crippen molar-refractivity contribution in [2.24, 2.45) is 5.73 Å². The van der Waals surface area contributed by atoms with E-state index in [-0.39, 0.29) is 0 Å². The molecule has 2 rings (SSSR count). The summed E-state index contributed by atoms with van der Waals surface area (Å²) < 4.78 is 6.24. The standard InChI is InChI=1S/C19H30N4O8/c1-2-3-4-5-6-7-10(20)16(27)22-12(18(28)29)15-13(25)14(26)17(31-15)23-9-8-11(24)21-19(23)30/h8-10,12-15,17,25-26H,2-7,20H2,1H3,(H,22,27)(H,28,29)(H,21,24,30)/t10-,12-,13-,14+,15?,17+/m0/s1. The van der Waals surface area contributed by atoms with Crippen molar-refractivity contribution in [3.8, 4) is 0 Å². The lowest BCUT2D eigenvalue weighted by molar-refractivity contribution is -0.149. The molecule has 0 bridgehead atoms. The van der Waals surface area contributed by atoms with Crippen LogP contribution in [-0.2, 0) is 14.3 Å². The summed E-state index contributed by atoms with van der Waals surface area (Å²) in [6.07, 6.45) is -0.207. The molecule has 1 aromatic heterocycles. The Morgan fingerprint density at radius 3 is 2.52 bits per heavy atom. The molecule has 0 saturated carbocycles. The van der Waals surface area contributed by atoms with Crippen LogP contribution in [-0.4, -0.2) is 67.1 Å². The minimum Gasteiger partial charge on any atom is -0.480 e. The number of unbranched alkanes of at least 4 members (excludes halogenated alkanes) is 4. The number of H-pyrrole nitrogens is 1. The molecule has 1 aromatic rings. The fourth-order valence-corrected chi connectivity index (χ4v) is 3.46. The summed E-state index contributed by atoms with van der Waals surface area (Å²) in [4.78, 5) is 49.3. The number of nitrogens with zero attached hydrogens (tertiary/aromatic N) is 1. The second kappa shape index (κ2) is 11.2. The van der Waals surface area contributed by atoms with Gasteiger partial charge in [-0.15, -0.1) is 0 Å². The van der Waals surface area contributed by atoms with Crippen LogP contribution in [0.1, 0.15) is 51.7 Å². The average Bonchev–Trinajstić information content (AvgIpc) is 3.00. The van der Waals surface area contributed by atoms with E-state index in [2.05, 4.69) is 12.2 Å². The first kappa shape index (κ1) is 24.7. The van der Waals surface area contributed by atoms with Crippen LogP contribution in [0.2, 0.25) is 0 Å². The molecule has 2 heterocycles. The van der Waals surface area contributed by atoms with E-state index in [1.54, 1.807) is 0 Å². The molecule has 12 heteroatoms. The topological polar surface area (TPSA) is 197 Å². The summed E-state index contributed by atoms with van der Waals surface area (Å²) in [6, 6.07) is -1.65. The molecule has 1 fully saturated rings. The lowest BCUT2D eigenvalue weighted by Crippen LogP contribution is -2.56. The van der Waals surface area contributed by atoms with E-state index < -0.39 is 59.7 Å². The van der Waals surface area contributed by atoms with Gasteiger partial charge >= 0.3 is 11.7 Å². The van der Waals surface area contributed by atoms with Gasteiger partial charge in [0.25, 0.3) is 5.56 Å². The van der Waals surface area contributed by atoms with Gasteiger partial charge in [-0.2, -0.15) is 0 Å². The number of hydrogen-bond donors (Lipinski definition) is 6. The summed E-state index contributed by atoms with van der Waals surface area (Å²) in [5, 5.41) is 32.4. The molecule has 0 aliphatic carbocycles. The van der Waals surface area contributed by atoms with E-state index in [0.717, 1.165) is 42.5 Å². The molecule has 31 heavy (non-hydrogen) atoms. The Morgan fingerprint density at radius 2 is 1.90 bits per heavy atom. The van der Waals surface area contributed by atoms with Gasteiger partial charge in [0, 0.05) is 12.3 Å². The number of aromatic amines is 1. The number of aromatic nitrogens is 2. The summed E-state index contributed by atoms with van der Waals surface area (Å²) in [5.41, 5.74) is 4.27. The maximum Gasteiger partial charge on any atom is 0.330 e. The number of aliphatic hydroxyl groups excluding tert-OH is 2. The normalized spacial score (nSPS) is 25.2. The summed E-state index contributed by atoms with van der Waals surface area (Å²) >= 11 is 0. The second-order valence-electron chi connectivity index (χ2n) is 7.62. The number of rotatable bonds is 11. The fraction of sp³-hybridized carbons (Fsp3) is 0.684. The largest absolute Gasteiger partial charge is 0.480 e. The number of hydrogen-bond acceptors (Lipinski definition) is 8. The third-order valence-electron chi connectivity index (χ3n) is 5.25. The molecule has 12 nitrogen and oxygen atoms in total. The lowest BCUT2D eigenvalue weighted by Gasteiger charge is -2.24. The third-order valence-corrected chi connectivity index (χ3v) is 5.25. The maximum absolute atomic E-state index is 12.4. The molecule has 174 valence electrons. The molecular formula is C19H30N4O8. The van der Waals surface area contributed by atoms with Gasteiger partial charge in [-0.1, -0.05) is 39.0 Å².